The van der Waals surface area contributed by atoms with Crippen LogP contribution in [0.2, 0.25) is 0 Å². The van der Waals surface area contributed by atoms with E-state index in [-0.39, 0.29) is 5.69 Å². The molecule has 1 heterocycles. The van der Waals surface area contributed by atoms with Gasteiger partial charge in [-0.05, 0) is 23.8 Å². The van der Waals surface area contributed by atoms with E-state index < -0.39 is 4.92 Å². The Balaban J connectivity index is 1.90. The lowest BCUT2D eigenvalue weighted by atomic mass is 10.2. The number of rotatable bonds is 3. The number of fused-ring (bicyclic) bond motifs is 1. The van der Waals surface area contributed by atoms with E-state index in [4.69, 9.17) is 0 Å². The second-order valence-corrected chi connectivity index (χ2v) is 6.14. The van der Waals surface area contributed by atoms with Gasteiger partial charge in [0.05, 0.1) is 15.1 Å². The van der Waals surface area contributed by atoms with E-state index in [1.54, 1.807) is 18.3 Å². The first-order chi connectivity index (χ1) is 10.1. The molecule has 0 unspecified atom stereocenters. The minimum absolute atomic E-state index is 0.0483. The summed E-state index contributed by atoms with van der Waals surface area (Å²) < 4.78 is 2.03. The number of thiazole rings is 1. The molecule has 0 saturated carbocycles. The van der Waals surface area contributed by atoms with E-state index >= 15 is 0 Å². The Bertz CT molecular complexity index is 860. The smallest absolute Gasteiger partial charge is 0.258 e. The highest BCUT2D eigenvalue weighted by atomic mass is 79.9. The number of hydrogen-bond acceptors (Lipinski definition) is 5. The minimum Gasteiger partial charge on any atom is -0.258 e. The number of benzene rings is 2. The molecule has 5 nitrogen and oxygen atoms in total. The Morgan fingerprint density at radius 1 is 1.29 bits per heavy atom. The Morgan fingerprint density at radius 2 is 2.14 bits per heavy atom. The molecule has 104 valence electrons. The molecule has 1 aromatic heterocycles. The highest BCUT2D eigenvalue weighted by Crippen LogP contribution is 2.30. The topological polar surface area (TPSA) is 68.4 Å². The van der Waals surface area contributed by atoms with Gasteiger partial charge in [0.15, 0.2) is 0 Å². The number of nitro groups is 1. The summed E-state index contributed by atoms with van der Waals surface area (Å²) in [6.07, 6.45) is 1.58. The van der Waals surface area contributed by atoms with Gasteiger partial charge in [0.1, 0.15) is 0 Å². The lowest BCUT2D eigenvalue weighted by molar-refractivity contribution is -0.384. The van der Waals surface area contributed by atoms with Crippen molar-refractivity contribution in [2.45, 2.75) is 0 Å². The van der Waals surface area contributed by atoms with Crippen LogP contribution in [-0.2, 0) is 0 Å². The molecule has 0 aliphatic carbocycles. The average Bonchev–Trinajstić information content (AvgIpc) is 2.87. The standard InChI is InChI=1S/C14H8BrN3O2S/c15-10-4-5-12-13(7-10)21-14(17-12)16-8-9-2-1-3-11(6-9)18(19)20/h1-8H. The van der Waals surface area contributed by atoms with Crippen molar-refractivity contribution < 1.29 is 4.92 Å². The molecule has 0 amide bonds. The predicted octanol–water partition coefficient (Wildman–Crippen LogP) is 4.72. The summed E-state index contributed by atoms with van der Waals surface area (Å²) in [5.74, 6) is 0. The molecule has 0 saturated heterocycles. The van der Waals surface area contributed by atoms with Crippen molar-refractivity contribution in [2.75, 3.05) is 0 Å². The first-order valence-corrected chi connectivity index (χ1v) is 7.57. The fourth-order valence-corrected chi connectivity index (χ4v) is 3.15. The zero-order valence-electron chi connectivity index (χ0n) is 10.6. The van der Waals surface area contributed by atoms with Gasteiger partial charge in [-0.2, -0.15) is 0 Å². The fraction of sp³-hybridized carbons (Fsp3) is 0. The van der Waals surface area contributed by atoms with Crippen LogP contribution in [0.3, 0.4) is 0 Å². The lowest BCUT2D eigenvalue weighted by Crippen LogP contribution is -1.89. The third-order valence-corrected chi connectivity index (χ3v) is 4.16. The van der Waals surface area contributed by atoms with Gasteiger partial charge < -0.3 is 0 Å². The van der Waals surface area contributed by atoms with Crippen molar-refractivity contribution in [3.63, 3.8) is 0 Å². The lowest BCUT2D eigenvalue weighted by Gasteiger charge is -1.92. The van der Waals surface area contributed by atoms with E-state index in [9.17, 15) is 10.1 Å². The first kappa shape index (κ1) is 13.8. The molecule has 0 spiro atoms. The number of halogens is 1. The summed E-state index contributed by atoms with van der Waals surface area (Å²) in [7, 11) is 0. The molecular weight excluding hydrogens is 354 g/mol. The summed E-state index contributed by atoms with van der Waals surface area (Å²) in [4.78, 5) is 19.0. The Hall–Kier alpha value is -2.12. The van der Waals surface area contributed by atoms with Crippen LogP contribution in [0, 0.1) is 10.1 Å². The zero-order valence-corrected chi connectivity index (χ0v) is 13.0. The number of hydrogen-bond donors (Lipinski definition) is 0. The molecule has 21 heavy (non-hydrogen) atoms. The van der Waals surface area contributed by atoms with E-state index in [1.807, 2.05) is 18.2 Å². The molecule has 3 rings (SSSR count). The maximum absolute atomic E-state index is 10.7. The first-order valence-electron chi connectivity index (χ1n) is 5.96. The van der Waals surface area contributed by atoms with Crippen molar-refractivity contribution >= 4 is 54.5 Å². The molecule has 0 radical (unpaired) electrons. The molecule has 0 atom stereocenters. The van der Waals surface area contributed by atoms with Crippen molar-refractivity contribution in [3.05, 3.63) is 62.6 Å². The van der Waals surface area contributed by atoms with Gasteiger partial charge in [-0.15, -0.1) is 0 Å². The van der Waals surface area contributed by atoms with Gasteiger partial charge in [-0.3, -0.25) is 10.1 Å². The number of aliphatic imine (C=N–C) groups is 1. The maximum atomic E-state index is 10.7. The van der Waals surface area contributed by atoms with Gasteiger partial charge in [-0.25, -0.2) is 9.98 Å². The third-order valence-electron chi connectivity index (χ3n) is 2.74. The van der Waals surface area contributed by atoms with Crippen LogP contribution in [0.4, 0.5) is 10.8 Å². The normalized spacial score (nSPS) is 11.3. The van der Waals surface area contributed by atoms with E-state index in [0.29, 0.717) is 10.7 Å². The minimum atomic E-state index is -0.424. The van der Waals surface area contributed by atoms with Crippen molar-refractivity contribution in [1.29, 1.82) is 0 Å². The number of non-ortho nitro benzene ring substituents is 1. The second-order valence-electron chi connectivity index (χ2n) is 4.22. The van der Waals surface area contributed by atoms with Gasteiger partial charge in [-0.1, -0.05) is 39.4 Å². The summed E-state index contributed by atoms with van der Waals surface area (Å²) in [6, 6.07) is 12.2. The summed E-state index contributed by atoms with van der Waals surface area (Å²) in [6.45, 7) is 0. The quantitative estimate of drug-likeness (QED) is 0.385. The number of aromatic nitrogens is 1. The molecule has 2 aromatic carbocycles. The van der Waals surface area contributed by atoms with Crippen LogP contribution >= 0.6 is 27.3 Å². The molecular formula is C14H8BrN3O2S. The van der Waals surface area contributed by atoms with Crippen LogP contribution in [-0.4, -0.2) is 16.1 Å². The third kappa shape index (κ3) is 3.14. The van der Waals surface area contributed by atoms with Crippen molar-refractivity contribution in [2.24, 2.45) is 4.99 Å². The molecule has 0 aliphatic rings. The van der Waals surface area contributed by atoms with Crippen molar-refractivity contribution in [1.82, 2.24) is 4.98 Å². The van der Waals surface area contributed by atoms with Crippen LogP contribution < -0.4 is 0 Å². The predicted molar refractivity (Wildman–Crippen MR) is 87.7 cm³/mol. The monoisotopic (exact) mass is 361 g/mol. The summed E-state index contributed by atoms with van der Waals surface area (Å²) >= 11 is 4.88. The van der Waals surface area contributed by atoms with Crippen LogP contribution in [0.5, 0.6) is 0 Å². The van der Waals surface area contributed by atoms with Crippen LogP contribution in [0.1, 0.15) is 5.56 Å². The van der Waals surface area contributed by atoms with Gasteiger partial charge in [0.25, 0.3) is 5.69 Å². The molecule has 0 bridgehead atoms. The van der Waals surface area contributed by atoms with Crippen LogP contribution in [0.25, 0.3) is 10.2 Å². The Morgan fingerprint density at radius 3 is 2.95 bits per heavy atom. The van der Waals surface area contributed by atoms with Gasteiger partial charge in [0.2, 0.25) is 5.13 Å². The maximum Gasteiger partial charge on any atom is 0.270 e. The van der Waals surface area contributed by atoms with E-state index in [2.05, 4.69) is 25.9 Å². The highest BCUT2D eigenvalue weighted by molar-refractivity contribution is 9.10. The number of nitro benzene ring substituents is 1. The SMILES string of the molecule is O=[N+]([O-])c1cccc(C=Nc2nc3ccc(Br)cc3s2)c1. The summed E-state index contributed by atoms with van der Waals surface area (Å²) in [5, 5.41) is 11.3. The van der Waals surface area contributed by atoms with Gasteiger partial charge >= 0.3 is 0 Å². The average molecular weight is 362 g/mol. The zero-order chi connectivity index (χ0) is 14.8. The van der Waals surface area contributed by atoms with Crippen molar-refractivity contribution in [3.8, 4) is 0 Å². The largest absolute Gasteiger partial charge is 0.270 e. The van der Waals surface area contributed by atoms with E-state index in [1.165, 1.54) is 23.5 Å². The highest BCUT2D eigenvalue weighted by Gasteiger charge is 2.05. The molecule has 0 aliphatic heterocycles. The van der Waals surface area contributed by atoms with E-state index in [0.717, 1.165) is 14.7 Å². The number of nitrogens with zero attached hydrogens (tertiary/aromatic N) is 3. The Kier molecular flexibility index (Phi) is 3.76. The van der Waals surface area contributed by atoms with Crippen LogP contribution in [0.15, 0.2) is 51.9 Å². The second kappa shape index (κ2) is 5.71. The van der Waals surface area contributed by atoms with Gasteiger partial charge in [0, 0.05) is 22.8 Å². The summed E-state index contributed by atoms with van der Waals surface area (Å²) in [5.41, 5.74) is 1.60. The molecule has 0 fully saturated rings. The molecule has 3 aromatic rings. The fourth-order valence-electron chi connectivity index (χ4n) is 1.79. The molecule has 7 heteroatoms. The molecule has 0 N–H and O–H groups in total. The Labute approximate surface area is 132 Å².